The molecule has 11 aromatic rings. The molecule has 54 heavy (non-hydrogen) atoms. The minimum Gasteiger partial charge on any atom is -0.309 e. The summed E-state index contributed by atoms with van der Waals surface area (Å²) in [5, 5.41) is 7.01. The van der Waals surface area contributed by atoms with E-state index < -0.39 is 0 Å². The molecule has 0 atom stereocenters. The monoisotopic (exact) mass is 689 g/mol. The number of fused-ring (bicyclic) bond motifs is 7. The lowest BCUT2D eigenvalue weighted by molar-refractivity contribution is 1.08. The van der Waals surface area contributed by atoms with Crippen molar-refractivity contribution in [1.29, 1.82) is 0 Å². The fraction of sp³-hybridized carbons (Fsp3) is 0. The highest BCUT2D eigenvalue weighted by Gasteiger charge is 2.20. The van der Waals surface area contributed by atoms with Gasteiger partial charge in [-0.15, -0.1) is 0 Å². The minimum absolute atomic E-state index is 0.632. The number of hydrogen-bond acceptors (Lipinski definition) is 3. The molecule has 5 nitrogen and oxygen atoms in total. The number of nitrogens with zero attached hydrogens (tertiary/aromatic N) is 5. The molecular weight excluding hydrogens is 659 g/mol. The van der Waals surface area contributed by atoms with Gasteiger partial charge in [0.25, 0.3) is 0 Å². The van der Waals surface area contributed by atoms with Crippen molar-refractivity contribution < 1.29 is 0 Å². The summed E-state index contributed by atoms with van der Waals surface area (Å²) in [5.41, 5.74) is 9.72. The van der Waals surface area contributed by atoms with Crippen molar-refractivity contribution in [3.8, 4) is 45.5 Å². The Morgan fingerprint density at radius 2 is 0.778 bits per heavy atom. The topological polar surface area (TPSA) is 48.5 Å². The summed E-state index contributed by atoms with van der Waals surface area (Å²) in [5.74, 6) is 1.90. The highest BCUT2D eigenvalue weighted by molar-refractivity contribution is 6.12. The Kier molecular flexibility index (Phi) is 6.79. The first-order valence-electron chi connectivity index (χ1n) is 18.2. The van der Waals surface area contributed by atoms with E-state index in [-0.39, 0.29) is 0 Å². The van der Waals surface area contributed by atoms with Crippen LogP contribution < -0.4 is 0 Å². The van der Waals surface area contributed by atoms with Crippen molar-refractivity contribution in [1.82, 2.24) is 24.1 Å². The molecule has 0 radical (unpaired) electrons. The average Bonchev–Trinajstić information content (AvgIpc) is 3.76. The molecule has 3 aromatic heterocycles. The maximum atomic E-state index is 5.26. The van der Waals surface area contributed by atoms with Gasteiger partial charge < -0.3 is 9.13 Å². The molecule has 252 valence electrons. The summed E-state index contributed by atoms with van der Waals surface area (Å²) in [6, 6.07) is 66.1. The molecule has 0 unspecified atom stereocenters. The van der Waals surface area contributed by atoms with E-state index >= 15 is 0 Å². The van der Waals surface area contributed by atoms with Crippen molar-refractivity contribution >= 4 is 54.4 Å². The number of benzene rings is 8. The zero-order valence-electron chi connectivity index (χ0n) is 29.1. The van der Waals surface area contributed by atoms with E-state index in [1.807, 2.05) is 18.2 Å². The lowest BCUT2D eigenvalue weighted by Gasteiger charge is -2.15. The van der Waals surface area contributed by atoms with Gasteiger partial charge in [-0.25, -0.2) is 15.0 Å². The van der Waals surface area contributed by atoms with Crippen LogP contribution in [-0.4, -0.2) is 24.1 Å². The Balaban J connectivity index is 1.14. The zero-order chi connectivity index (χ0) is 35.6. The van der Waals surface area contributed by atoms with Crippen LogP contribution in [0, 0.1) is 0 Å². The predicted octanol–water partition coefficient (Wildman–Crippen LogP) is 12.2. The quantitative estimate of drug-likeness (QED) is 0.181. The molecule has 0 saturated heterocycles. The Morgan fingerprint density at radius 3 is 1.44 bits per heavy atom. The highest BCUT2D eigenvalue weighted by Crippen LogP contribution is 2.39. The lowest BCUT2D eigenvalue weighted by Crippen LogP contribution is -2.02. The first-order valence-corrected chi connectivity index (χ1v) is 18.2. The normalized spacial score (nSPS) is 11.7. The van der Waals surface area contributed by atoms with Gasteiger partial charge in [0, 0.05) is 49.3 Å². The third-order valence-corrected chi connectivity index (χ3v) is 10.6. The molecule has 0 aliphatic heterocycles. The Hall–Kier alpha value is -7.37. The number of aromatic nitrogens is 5. The second kappa shape index (κ2) is 12.1. The van der Waals surface area contributed by atoms with E-state index in [1.54, 1.807) is 0 Å². The van der Waals surface area contributed by atoms with Crippen molar-refractivity contribution in [2.24, 2.45) is 0 Å². The molecule has 0 aliphatic rings. The van der Waals surface area contributed by atoms with E-state index in [0.717, 1.165) is 55.3 Å². The van der Waals surface area contributed by atoms with Crippen LogP contribution in [0.15, 0.2) is 188 Å². The minimum atomic E-state index is 0.632. The summed E-state index contributed by atoms with van der Waals surface area (Å²) < 4.78 is 4.71. The van der Waals surface area contributed by atoms with Crippen LogP contribution in [0.5, 0.6) is 0 Å². The van der Waals surface area contributed by atoms with E-state index in [9.17, 15) is 0 Å². The highest BCUT2D eigenvalue weighted by atomic mass is 15.0. The van der Waals surface area contributed by atoms with Gasteiger partial charge >= 0.3 is 0 Å². The second-order valence-electron chi connectivity index (χ2n) is 13.6. The van der Waals surface area contributed by atoms with E-state index in [1.165, 1.54) is 27.2 Å². The van der Waals surface area contributed by atoms with Crippen molar-refractivity contribution in [2.45, 2.75) is 0 Å². The molecule has 0 amide bonds. The summed E-state index contributed by atoms with van der Waals surface area (Å²) in [6.07, 6.45) is 0. The third kappa shape index (κ3) is 4.69. The van der Waals surface area contributed by atoms with Gasteiger partial charge in [0.05, 0.1) is 27.8 Å². The van der Waals surface area contributed by atoms with E-state index in [2.05, 4.69) is 179 Å². The average molecular weight is 690 g/mol. The van der Waals surface area contributed by atoms with Gasteiger partial charge in [-0.1, -0.05) is 127 Å². The summed E-state index contributed by atoms with van der Waals surface area (Å²) in [4.78, 5) is 15.5. The van der Waals surface area contributed by atoms with Crippen molar-refractivity contribution in [3.63, 3.8) is 0 Å². The Labute approximate surface area is 311 Å². The first-order chi connectivity index (χ1) is 26.8. The first kappa shape index (κ1) is 30.3. The maximum absolute atomic E-state index is 5.26. The van der Waals surface area contributed by atoms with Gasteiger partial charge in [0.15, 0.2) is 17.5 Å². The molecule has 0 N–H and O–H groups in total. The molecule has 11 rings (SSSR count). The number of para-hydroxylation sites is 4. The summed E-state index contributed by atoms with van der Waals surface area (Å²) in [7, 11) is 0. The van der Waals surface area contributed by atoms with Gasteiger partial charge in [0.1, 0.15) is 0 Å². The molecular formula is C49H31N5. The smallest absolute Gasteiger partial charge is 0.164 e. The number of hydrogen-bond donors (Lipinski definition) is 0. The molecule has 0 bridgehead atoms. The Bertz CT molecular complexity index is 3160. The Morgan fingerprint density at radius 1 is 0.296 bits per heavy atom. The van der Waals surface area contributed by atoms with E-state index in [0.29, 0.717) is 17.5 Å². The van der Waals surface area contributed by atoms with Crippen LogP contribution in [0.4, 0.5) is 0 Å². The fourth-order valence-electron chi connectivity index (χ4n) is 8.16. The molecule has 8 aromatic carbocycles. The molecule has 5 heteroatoms. The van der Waals surface area contributed by atoms with E-state index in [4.69, 9.17) is 15.0 Å². The lowest BCUT2D eigenvalue weighted by atomic mass is 10.0. The second-order valence-corrected chi connectivity index (χ2v) is 13.6. The summed E-state index contributed by atoms with van der Waals surface area (Å²) >= 11 is 0. The van der Waals surface area contributed by atoms with Crippen LogP contribution in [-0.2, 0) is 0 Å². The largest absolute Gasteiger partial charge is 0.309 e. The molecule has 3 heterocycles. The molecule has 0 saturated carbocycles. The molecule has 0 spiro atoms. The third-order valence-electron chi connectivity index (χ3n) is 10.6. The molecule has 0 aliphatic carbocycles. The van der Waals surface area contributed by atoms with Crippen LogP contribution >= 0.6 is 0 Å². The van der Waals surface area contributed by atoms with Gasteiger partial charge in [-0.05, 0) is 66.0 Å². The van der Waals surface area contributed by atoms with Crippen LogP contribution in [0.2, 0.25) is 0 Å². The van der Waals surface area contributed by atoms with Crippen molar-refractivity contribution in [2.75, 3.05) is 0 Å². The summed E-state index contributed by atoms with van der Waals surface area (Å²) in [6.45, 7) is 0. The van der Waals surface area contributed by atoms with Gasteiger partial charge in [-0.3, -0.25) is 0 Å². The molecule has 0 fully saturated rings. The van der Waals surface area contributed by atoms with Crippen molar-refractivity contribution in [3.05, 3.63) is 188 Å². The SMILES string of the molecule is c1ccc(-c2nc(-c3ccc4c(c3)c3ccccc3n4-c3ccccc3)nc(-c3ccc(-n4c5ccccc5c5ccccc54)c4ccccc34)n2)cc1. The maximum Gasteiger partial charge on any atom is 0.164 e. The fourth-order valence-corrected chi connectivity index (χ4v) is 8.16. The zero-order valence-corrected chi connectivity index (χ0v) is 29.1. The number of rotatable bonds is 5. The van der Waals surface area contributed by atoms with Crippen LogP contribution in [0.25, 0.3) is 99.9 Å². The van der Waals surface area contributed by atoms with Gasteiger partial charge in [-0.2, -0.15) is 0 Å². The standard InChI is InChI=1S/C49H31N5/c1-3-15-32(16-4-1)47-50-48(33-27-29-46-41(31-33)39-23-11-12-24-42(39)53(46)34-17-5-2-6-18-34)52-49(51-47)40-28-30-45(36-20-8-7-19-35(36)40)54-43-25-13-9-21-37(43)38-22-10-14-26-44(38)54/h1-31H. The van der Waals surface area contributed by atoms with Crippen LogP contribution in [0.1, 0.15) is 0 Å². The van der Waals surface area contributed by atoms with Gasteiger partial charge in [0.2, 0.25) is 0 Å². The van der Waals surface area contributed by atoms with Crippen LogP contribution in [0.3, 0.4) is 0 Å². The predicted molar refractivity (Wildman–Crippen MR) is 222 cm³/mol.